The van der Waals surface area contributed by atoms with Crippen LogP contribution in [0.15, 0.2) is 30.3 Å². The molecule has 0 saturated heterocycles. The average molecular weight is 292 g/mol. The van der Waals surface area contributed by atoms with Crippen molar-refractivity contribution in [3.8, 4) is 5.75 Å². The zero-order valence-electron chi connectivity index (χ0n) is 13.8. The first-order valence-electron chi connectivity index (χ1n) is 7.38. The van der Waals surface area contributed by atoms with Crippen molar-refractivity contribution < 1.29 is 9.53 Å². The van der Waals surface area contributed by atoms with E-state index in [1.54, 1.807) is 4.90 Å². The SMILES string of the molecule is CN(CCCOc1ccccc1)C(=O)C(C)(C)C(C)(C)N. The van der Waals surface area contributed by atoms with Crippen molar-refractivity contribution in [2.24, 2.45) is 11.1 Å². The zero-order valence-corrected chi connectivity index (χ0v) is 13.8. The Kier molecular flexibility index (Phi) is 5.78. The maximum Gasteiger partial charge on any atom is 0.229 e. The first-order valence-corrected chi connectivity index (χ1v) is 7.38. The summed E-state index contributed by atoms with van der Waals surface area (Å²) in [5, 5.41) is 0. The van der Waals surface area contributed by atoms with Gasteiger partial charge < -0.3 is 15.4 Å². The van der Waals surface area contributed by atoms with Gasteiger partial charge in [0.25, 0.3) is 0 Å². The fourth-order valence-corrected chi connectivity index (χ4v) is 1.86. The van der Waals surface area contributed by atoms with Gasteiger partial charge in [0, 0.05) is 19.1 Å². The minimum Gasteiger partial charge on any atom is -0.494 e. The van der Waals surface area contributed by atoms with E-state index in [2.05, 4.69) is 0 Å². The van der Waals surface area contributed by atoms with Gasteiger partial charge in [0.1, 0.15) is 5.75 Å². The first-order chi connectivity index (χ1) is 9.66. The third kappa shape index (κ3) is 4.74. The van der Waals surface area contributed by atoms with Gasteiger partial charge in [-0.05, 0) is 46.2 Å². The fraction of sp³-hybridized carbons (Fsp3) is 0.588. The van der Waals surface area contributed by atoms with Crippen LogP contribution >= 0.6 is 0 Å². The molecule has 118 valence electrons. The van der Waals surface area contributed by atoms with Crippen molar-refractivity contribution in [1.29, 1.82) is 0 Å². The van der Waals surface area contributed by atoms with Gasteiger partial charge in [0.15, 0.2) is 0 Å². The molecule has 0 atom stereocenters. The molecule has 0 saturated carbocycles. The summed E-state index contributed by atoms with van der Waals surface area (Å²) in [6, 6.07) is 9.69. The van der Waals surface area contributed by atoms with Crippen molar-refractivity contribution >= 4 is 5.91 Å². The molecule has 4 nitrogen and oxygen atoms in total. The van der Waals surface area contributed by atoms with Gasteiger partial charge in [-0.3, -0.25) is 4.79 Å². The smallest absolute Gasteiger partial charge is 0.229 e. The van der Waals surface area contributed by atoms with Crippen LogP contribution in [0.4, 0.5) is 0 Å². The van der Waals surface area contributed by atoms with Crippen LogP contribution in [0.5, 0.6) is 5.75 Å². The molecular weight excluding hydrogens is 264 g/mol. The number of nitrogens with zero attached hydrogens (tertiary/aromatic N) is 1. The van der Waals surface area contributed by atoms with Crippen molar-refractivity contribution in [2.45, 2.75) is 39.7 Å². The van der Waals surface area contributed by atoms with E-state index in [1.165, 1.54) is 0 Å². The second-order valence-corrected chi connectivity index (χ2v) is 6.59. The van der Waals surface area contributed by atoms with Crippen molar-refractivity contribution in [2.75, 3.05) is 20.2 Å². The number of carbonyl (C=O) groups excluding carboxylic acids is 1. The van der Waals surface area contributed by atoms with Crippen molar-refractivity contribution in [3.05, 3.63) is 30.3 Å². The van der Waals surface area contributed by atoms with Gasteiger partial charge in [-0.1, -0.05) is 18.2 Å². The molecule has 1 amide bonds. The summed E-state index contributed by atoms with van der Waals surface area (Å²) in [6.07, 6.45) is 0.790. The molecule has 21 heavy (non-hydrogen) atoms. The van der Waals surface area contributed by atoms with Crippen molar-refractivity contribution in [3.63, 3.8) is 0 Å². The highest BCUT2D eigenvalue weighted by Gasteiger charge is 2.41. The number of hydrogen-bond acceptors (Lipinski definition) is 3. The fourth-order valence-electron chi connectivity index (χ4n) is 1.86. The molecule has 0 radical (unpaired) electrons. The van der Waals surface area contributed by atoms with Crippen LogP contribution in [0.2, 0.25) is 0 Å². The molecule has 2 N–H and O–H groups in total. The van der Waals surface area contributed by atoms with Gasteiger partial charge >= 0.3 is 0 Å². The van der Waals surface area contributed by atoms with Crippen LogP contribution < -0.4 is 10.5 Å². The monoisotopic (exact) mass is 292 g/mol. The number of nitrogens with two attached hydrogens (primary N) is 1. The molecule has 0 aromatic heterocycles. The summed E-state index contributed by atoms with van der Waals surface area (Å²) in [7, 11) is 1.82. The second kappa shape index (κ2) is 6.94. The van der Waals surface area contributed by atoms with E-state index in [-0.39, 0.29) is 5.91 Å². The summed E-state index contributed by atoms with van der Waals surface area (Å²) in [5.74, 6) is 0.921. The minimum absolute atomic E-state index is 0.0645. The molecule has 4 heteroatoms. The molecule has 0 bridgehead atoms. The summed E-state index contributed by atoms with van der Waals surface area (Å²) < 4.78 is 5.63. The highest BCUT2D eigenvalue weighted by atomic mass is 16.5. The van der Waals surface area contributed by atoms with Gasteiger partial charge in [-0.25, -0.2) is 0 Å². The van der Waals surface area contributed by atoms with E-state index in [0.29, 0.717) is 13.2 Å². The Hall–Kier alpha value is -1.55. The highest BCUT2D eigenvalue weighted by molar-refractivity contribution is 5.83. The molecule has 0 aliphatic carbocycles. The van der Waals surface area contributed by atoms with Crippen molar-refractivity contribution in [1.82, 2.24) is 4.90 Å². The Morgan fingerprint density at radius 1 is 1.19 bits per heavy atom. The van der Waals surface area contributed by atoms with Crippen LogP contribution in [0.25, 0.3) is 0 Å². The van der Waals surface area contributed by atoms with Crippen LogP contribution in [-0.2, 0) is 4.79 Å². The number of para-hydroxylation sites is 1. The Bertz CT molecular complexity index is 450. The van der Waals surface area contributed by atoms with E-state index in [9.17, 15) is 4.79 Å². The largest absolute Gasteiger partial charge is 0.494 e. The Balaban J connectivity index is 2.40. The third-order valence-corrected chi connectivity index (χ3v) is 4.14. The van der Waals surface area contributed by atoms with E-state index in [1.807, 2.05) is 65.1 Å². The van der Waals surface area contributed by atoms with E-state index >= 15 is 0 Å². The summed E-state index contributed by atoms with van der Waals surface area (Å²) in [6.45, 7) is 8.81. The summed E-state index contributed by atoms with van der Waals surface area (Å²) in [4.78, 5) is 14.2. The lowest BCUT2D eigenvalue weighted by atomic mass is 9.74. The number of carbonyl (C=O) groups is 1. The molecule has 0 heterocycles. The van der Waals surface area contributed by atoms with Crippen LogP contribution in [0.1, 0.15) is 34.1 Å². The van der Waals surface area contributed by atoms with E-state index in [0.717, 1.165) is 12.2 Å². The molecule has 1 aromatic rings. The topological polar surface area (TPSA) is 55.6 Å². The third-order valence-electron chi connectivity index (χ3n) is 4.14. The maximum absolute atomic E-state index is 12.5. The minimum atomic E-state index is -0.595. The molecule has 0 spiro atoms. The molecular formula is C17H28N2O2. The zero-order chi connectivity index (χ0) is 16.1. The van der Waals surface area contributed by atoms with Crippen LogP contribution in [-0.4, -0.2) is 36.5 Å². The maximum atomic E-state index is 12.5. The highest BCUT2D eigenvalue weighted by Crippen LogP contribution is 2.30. The quantitative estimate of drug-likeness (QED) is 0.786. The standard InChI is InChI=1S/C17H28N2O2/c1-16(2,17(3,4)18)15(20)19(5)12-9-13-21-14-10-7-6-8-11-14/h6-8,10-11H,9,12-13,18H2,1-5H3. The number of hydrogen-bond donors (Lipinski definition) is 1. The Morgan fingerprint density at radius 3 is 2.29 bits per heavy atom. The van der Waals surface area contributed by atoms with Gasteiger partial charge in [0.05, 0.1) is 12.0 Å². The Morgan fingerprint density at radius 2 is 1.76 bits per heavy atom. The predicted octanol–water partition coefficient (Wildman–Crippen LogP) is 2.68. The predicted molar refractivity (Wildman–Crippen MR) is 86.2 cm³/mol. The molecule has 0 fully saturated rings. The lowest BCUT2D eigenvalue weighted by Crippen LogP contribution is -2.56. The molecule has 1 rings (SSSR count). The van der Waals surface area contributed by atoms with Gasteiger partial charge in [-0.2, -0.15) is 0 Å². The van der Waals surface area contributed by atoms with Crippen LogP contribution in [0, 0.1) is 5.41 Å². The first kappa shape index (κ1) is 17.5. The van der Waals surface area contributed by atoms with E-state index in [4.69, 9.17) is 10.5 Å². The normalized spacial score (nSPS) is 12.1. The summed E-state index contributed by atoms with van der Waals surface area (Å²) >= 11 is 0. The molecule has 1 aromatic carbocycles. The van der Waals surface area contributed by atoms with Gasteiger partial charge in [0.2, 0.25) is 5.91 Å². The number of amides is 1. The molecule has 0 aliphatic rings. The second-order valence-electron chi connectivity index (χ2n) is 6.59. The number of benzene rings is 1. The summed E-state index contributed by atoms with van der Waals surface area (Å²) in [5.41, 5.74) is 4.96. The molecule has 0 aliphatic heterocycles. The van der Waals surface area contributed by atoms with Gasteiger partial charge in [-0.15, -0.1) is 0 Å². The van der Waals surface area contributed by atoms with Crippen LogP contribution in [0.3, 0.4) is 0 Å². The lowest BCUT2D eigenvalue weighted by molar-refractivity contribution is -0.142. The number of ether oxygens (including phenoxy) is 1. The lowest BCUT2D eigenvalue weighted by Gasteiger charge is -2.39. The molecule has 0 unspecified atom stereocenters. The van der Waals surface area contributed by atoms with E-state index < -0.39 is 11.0 Å². The number of rotatable bonds is 7. The Labute approximate surface area is 128 Å². The average Bonchev–Trinajstić information content (AvgIpc) is 2.42.